The Hall–Kier alpha value is -5.22. The molecule has 1 heterocycles. The van der Waals surface area contributed by atoms with Gasteiger partial charge in [0.1, 0.15) is 0 Å². The van der Waals surface area contributed by atoms with Gasteiger partial charge in [-0.1, -0.05) is 109 Å². The second-order valence-electron chi connectivity index (χ2n) is 9.00. The van der Waals surface area contributed by atoms with Gasteiger partial charge in [0.05, 0.1) is 17.6 Å². The second-order valence-corrected chi connectivity index (χ2v) is 9.00. The van der Waals surface area contributed by atoms with Crippen LogP contribution in [0, 0.1) is 0 Å². The molecule has 5 aromatic carbocycles. The predicted octanol–water partition coefficient (Wildman–Crippen LogP) is 7.73. The second kappa shape index (κ2) is 10.4. The third-order valence-electron chi connectivity index (χ3n) is 6.54. The van der Waals surface area contributed by atoms with Gasteiger partial charge in [0.15, 0.2) is 0 Å². The average Bonchev–Trinajstić information content (AvgIpc) is 3.37. The predicted molar refractivity (Wildman–Crippen MR) is 156 cm³/mol. The minimum Gasteiger partial charge on any atom is -0.309 e. The number of carbonyl (C=O) groups is 1. The zero-order valence-electron chi connectivity index (χ0n) is 20.7. The van der Waals surface area contributed by atoms with Crippen LogP contribution < -0.4 is 5.43 Å². The van der Waals surface area contributed by atoms with Gasteiger partial charge in [0.25, 0.3) is 5.91 Å². The molecule has 1 aromatic heterocycles. The van der Waals surface area contributed by atoms with E-state index >= 15 is 0 Å². The lowest BCUT2D eigenvalue weighted by Gasteiger charge is -2.15. The van der Waals surface area contributed by atoms with Gasteiger partial charge in [-0.25, -0.2) is 5.43 Å². The summed E-state index contributed by atoms with van der Waals surface area (Å²) in [5.41, 5.74) is 9.42. The first-order chi connectivity index (χ1) is 18.8. The van der Waals surface area contributed by atoms with E-state index in [2.05, 4.69) is 57.6 Å². The number of rotatable bonds is 6. The minimum absolute atomic E-state index is 0.251. The van der Waals surface area contributed by atoms with Gasteiger partial charge in [0.2, 0.25) is 0 Å². The van der Waals surface area contributed by atoms with Gasteiger partial charge in [0, 0.05) is 16.8 Å². The summed E-state index contributed by atoms with van der Waals surface area (Å²) in [5.74, 6) is -0.251. The quantitative estimate of drug-likeness (QED) is 0.188. The van der Waals surface area contributed by atoms with Crippen LogP contribution in [0.1, 0.15) is 15.9 Å². The number of hydrogen-bond donors (Lipinski definition) is 1. The molecule has 0 spiro atoms. The highest BCUT2D eigenvalue weighted by Crippen LogP contribution is 2.35. The van der Waals surface area contributed by atoms with Crippen LogP contribution in [0.15, 0.2) is 145 Å². The summed E-state index contributed by atoms with van der Waals surface area (Å²) in [6, 6.07) is 46.6. The van der Waals surface area contributed by atoms with E-state index < -0.39 is 0 Å². The molecule has 0 atom stereocenters. The van der Waals surface area contributed by atoms with E-state index in [1.54, 1.807) is 6.21 Å². The Morgan fingerprint density at radius 1 is 0.632 bits per heavy atom. The van der Waals surface area contributed by atoms with Crippen LogP contribution in [0.5, 0.6) is 0 Å². The van der Waals surface area contributed by atoms with Crippen molar-refractivity contribution in [2.45, 2.75) is 0 Å². The van der Waals surface area contributed by atoms with Crippen LogP contribution in [0.25, 0.3) is 39.0 Å². The highest BCUT2D eigenvalue weighted by molar-refractivity contribution is 5.99. The van der Waals surface area contributed by atoms with Crippen LogP contribution in [0.4, 0.5) is 0 Å². The third-order valence-corrected chi connectivity index (χ3v) is 6.54. The van der Waals surface area contributed by atoms with Crippen LogP contribution in [0.2, 0.25) is 0 Å². The smallest absolute Gasteiger partial charge is 0.271 e. The molecular weight excluding hydrogens is 466 g/mol. The van der Waals surface area contributed by atoms with Crippen molar-refractivity contribution in [2.24, 2.45) is 5.10 Å². The fraction of sp³-hybridized carbons (Fsp3) is 0. The number of fused-ring (bicyclic) bond motifs is 1. The van der Waals surface area contributed by atoms with Crippen molar-refractivity contribution in [2.75, 3.05) is 0 Å². The summed E-state index contributed by atoms with van der Waals surface area (Å²) in [6.07, 6.45) is 1.73. The maximum Gasteiger partial charge on any atom is 0.271 e. The van der Waals surface area contributed by atoms with Crippen LogP contribution in [0.3, 0.4) is 0 Å². The summed E-state index contributed by atoms with van der Waals surface area (Å²) >= 11 is 0. The van der Waals surface area contributed by atoms with E-state index in [0.29, 0.717) is 5.56 Å². The zero-order chi connectivity index (χ0) is 25.7. The van der Waals surface area contributed by atoms with E-state index in [1.807, 2.05) is 97.1 Å². The summed E-state index contributed by atoms with van der Waals surface area (Å²) in [6.45, 7) is 0. The van der Waals surface area contributed by atoms with Gasteiger partial charge in [-0.3, -0.25) is 4.79 Å². The molecule has 0 unspecified atom stereocenters. The van der Waals surface area contributed by atoms with Gasteiger partial charge in [-0.05, 0) is 52.2 Å². The zero-order valence-corrected chi connectivity index (χ0v) is 20.7. The molecule has 0 saturated heterocycles. The molecular formula is C34H25N3O. The fourth-order valence-electron chi connectivity index (χ4n) is 4.74. The first kappa shape index (κ1) is 23.2. The SMILES string of the molecule is O=C(N/N=C\c1cc(-c2ccccc2)n(-c2ccccc2)c1-c1ccccc1)c1ccc2ccccc2c1. The van der Waals surface area contributed by atoms with Gasteiger partial charge < -0.3 is 4.57 Å². The van der Waals surface area contributed by atoms with E-state index in [9.17, 15) is 4.79 Å². The van der Waals surface area contributed by atoms with Gasteiger partial charge in [-0.2, -0.15) is 5.10 Å². The average molecular weight is 492 g/mol. The third kappa shape index (κ3) is 4.63. The minimum atomic E-state index is -0.251. The lowest BCUT2D eigenvalue weighted by atomic mass is 10.1. The first-order valence-corrected chi connectivity index (χ1v) is 12.5. The monoisotopic (exact) mass is 491 g/mol. The number of aromatic nitrogens is 1. The van der Waals surface area contributed by atoms with Crippen molar-refractivity contribution in [3.05, 3.63) is 151 Å². The molecule has 182 valence electrons. The number of nitrogens with zero attached hydrogens (tertiary/aromatic N) is 2. The first-order valence-electron chi connectivity index (χ1n) is 12.5. The number of para-hydroxylation sites is 1. The lowest BCUT2D eigenvalue weighted by molar-refractivity contribution is 0.0955. The molecule has 6 rings (SSSR count). The highest BCUT2D eigenvalue weighted by atomic mass is 16.2. The van der Waals surface area contributed by atoms with Gasteiger partial charge >= 0.3 is 0 Å². The molecule has 1 N–H and O–H groups in total. The molecule has 0 bridgehead atoms. The molecule has 38 heavy (non-hydrogen) atoms. The maximum atomic E-state index is 12.9. The Labute approximate surface area is 221 Å². The Morgan fingerprint density at radius 2 is 1.24 bits per heavy atom. The molecule has 0 aliphatic heterocycles. The Kier molecular flexibility index (Phi) is 6.35. The van der Waals surface area contributed by atoms with E-state index in [1.165, 1.54) is 0 Å². The van der Waals surface area contributed by atoms with Crippen molar-refractivity contribution < 1.29 is 4.79 Å². The summed E-state index contributed by atoms with van der Waals surface area (Å²) < 4.78 is 2.25. The molecule has 0 aliphatic carbocycles. The highest BCUT2D eigenvalue weighted by Gasteiger charge is 2.18. The Morgan fingerprint density at radius 3 is 1.95 bits per heavy atom. The maximum absolute atomic E-state index is 12.9. The molecule has 4 nitrogen and oxygen atoms in total. The van der Waals surface area contributed by atoms with Crippen molar-refractivity contribution in [1.82, 2.24) is 9.99 Å². The van der Waals surface area contributed by atoms with Crippen LogP contribution in [-0.4, -0.2) is 16.7 Å². The number of nitrogens with one attached hydrogen (secondary N) is 1. The van der Waals surface area contributed by atoms with Crippen molar-refractivity contribution >= 4 is 22.9 Å². The van der Waals surface area contributed by atoms with Crippen LogP contribution in [-0.2, 0) is 0 Å². The van der Waals surface area contributed by atoms with E-state index in [0.717, 1.165) is 44.5 Å². The van der Waals surface area contributed by atoms with Crippen molar-refractivity contribution in [1.29, 1.82) is 0 Å². The van der Waals surface area contributed by atoms with Crippen molar-refractivity contribution in [3.63, 3.8) is 0 Å². The molecule has 0 aliphatic rings. The van der Waals surface area contributed by atoms with E-state index in [-0.39, 0.29) is 5.91 Å². The topological polar surface area (TPSA) is 46.4 Å². The molecule has 0 saturated carbocycles. The molecule has 0 radical (unpaired) electrons. The number of hydrogen-bond acceptors (Lipinski definition) is 2. The fourth-order valence-corrected chi connectivity index (χ4v) is 4.74. The standard InChI is InChI=1S/C34H25N3O/c38-34(29-21-20-25-12-10-11-17-28(25)22-29)36-35-24-30-23-32(26-13-4-1-5-14-26)37(31-18-8-3-9-19-31)33(30)27-15-6-2-7-16-27/h1-24H,(H,36,38)/b35-24-. The Balaban J connectivity index is 1.42. The molecule has 0 fully saturated rings. The normalized spacial score (nSPS) is 11.2. The van der Waals surface area contributed by atoms with Crippen molar-refractivity contribution in [3.8, 4) is 28.2 Å². The number of carbonyl (C=O) groups excluding carboxylic acids is 1. The lowest BCUT2D eigenvalue weighted by Crippen LogP contribution is -2.17. The summed E-state index contributed by atoms with van der Waals surface area (Å²) in [7, 11) is 0. The molecule has 6 aromatic rings. The van der Waals surface area contributed by atoms with Gasteiger partial charge in [-0.15, -0.1) is 0 Å². The molecule has 4 heteroatoms. The molecule has 1 amide bonds. The summed E-state index contributed by atoms with van der Waals surface area (Å²) in [5, 5.41) is 6.50. The van der Waals surface area contributed by atoms with E-state index in [4.69, 9.17) is 0 Å². The number of amides is 1. The summed E-state index contributed by atoms with van der Waals surface area (Å²) in [4.78, 5) is 12.9. The van der Waals surface area contributed by atoms with Crippen LogP contribution >= 0.6 is 0 Å². The Bertz CT molecular complexity index is 1740. The number of hydrazone groups is 1. The largest absolute Gasteiger partial charge is 0.309 e. The number of benzene rings is 5.